The minimum Gasteiger partial charge on any atom is -0.371 e. The first-order chi connectivity index (χ1) is 10.8. The van der Waals surface area contributed by atoms with Crippen LogP contribution in [0.15, 0.2) is 5.38 Å². The van der Waals surface area contributed by atoms with Crippen LogP contribution in [0.5, 0.6) is 0 Å². The number of carbonyl (C=O) groups excluding carboxylic acids is 1. The quantitative estimate of drug-likeness (QED) is 0.833. The van der Waals surface area contributed by atoms with Crippen molar-refractivity contribution in [3.63, 3.8) is 0 Å². The van der Waals surface area contributed by atoms with Gasteiger partial charge in [-0.05, 0) is 25.7 Å². The maximum atomic E-state index is 12.4. The number of likely N-dealkylation sites (tertiary alicyclic amines) is 1. The molecule has 0 radical (unpaired) electrons. The average Bonchev–Trinajstić information content (AvgIpc) is 3.01. The van der Waals surface area contributed by atoms with Gasteiger partial charge in [-0.25, -0.2) is 18.1 Å². The Bertz CT molecular complexity index is 695. The van der Waals surface area contributed by atoms with Crippen molar-refractivity contribution in [2.45, 2.75) is 25.4 Å². The predicted octanol–water partition coefficient (Wildman–Crippen LogP) is 0.622. The smallest absolute Gasteiger partial charge is 0.273 e. The zero-order valence-corrected chi connectivity index (χ0v) is 14.9. The first-order valence-corrected chi connectivity index (χ1v) is 10.4. The molecule has 2 saturated heterocycles. The lowest BCUT2D eigenvalue weighted by Gasteiger charge is -2.50. The van der Waals surface area contributed by atoms with E-state index in [4.69, 9.17) is 4.74 Å². The molecule has 0 bridgehead atoms. The molecular weight excluding hydrogens is 338 g/mol. The lowest BCUT2D eigenvalue weighted by molar-refractivity contribution is -0.117. The monoisotopic (exact) mass is 359 g/mol. The topological polar surface area (TPSA) is 88.6 Å². The van der Waals surface area contributed by atoms with Crippen LogP contribution < -0.4 is 4.72 Å². The van der Waals surface area contributed by atoms with E-state index >= 15 is 0 Å². The summed E-state index contributed by atoms with van der Waals surface area (Å²) in [4.78, 5) is 18.4. The fourth-order valence-corrected chi connectivity index (χ4v) is 4.40. The first kappa shape index (κ1) is 16.8. The standard InChI is InChI=1S/C14H21N3O4S2/c1-10-16-12(7-22-10)13(18)17-8-14(9-17)11(4-6-21-14)3-5-15-23(2,19)20/h7,11,15H,3-6,8-9H2,1-2H3/t11-/m1/s1. The molecule has 1 amide bonds. The first-order valence-electron chi connectivity index (χ1n) is 7.59. The zero-order valence-electron chi connectivity index (χ0n) is 13.2. The van der Waals surface area contributed by atoms with Gasteiger partial charge < -0.3 is 9.64 Å². The Morgan fingerprint density at radius 3 is 2.91 bits per heavy atom. The maximum absolute atomic E-state index is 12.4. The van der Waals surface area contributed by atoms with Gasteiger partial charge in [0.15, 0.2) is 0 Å². The van der Waals surface area contributed by atoms with Crippen molar-refractivity contribution < 1.29 is 17.9 Å². The third-order valence-electron chi connectivity index (χ3n) is 4.50. The number of aromatic nitrogens is 1. The summed E-state index contributed by atoms with van der Waals surface area (Å²) in [5.41, 5.74) is 0.190. The highest BCUT2D eigenvalue weighted by molar-refractivity contribution is 7.88. The van der Waals surface area contributed by atoms with Crippen molar-refractivity contribution >= 4 is 27.3 Å². The fraction of sp³-hybridized carbons (Fsp3) is 0.714. The van der Waals surface area contributed by atoms with E-state index < -0.39 is 10.0 Å². The average molecular weight is 359 g/mol. The van der Waals surface area contributed by atoms with Crippen molar-refractivity contribution in [2.24, 2.45) is 5.92 Å². The van der Waals surface area contributed by atoms with Gasteiger partial charge >= 0.3 is 0 Å². The number of ether oxygens (including phenoxy) is 1. The van der Waals surface area contributed by atoms with Crippen LogP contribution in [0.25, 0.3) is 0 Å². The van der Waals surface area contributed by atoms with Crippen LogP contribution in [0.4, 0.5) is 0 Å². The summed E-state index contributed by atoms with van der Waals surface area (Å²) < 4.78 is 30.7. The number of carbonyl (C=O) groups is 1. The van der Waals surface area contributed by atoms with Gasteiger partial charge in [0, 0.05) is 18.5 Å². The number of aryl methyl sites for hydroxylation is 1. The molecule has 7 nitrogen and oxygen atoms in total. The van der Waals surface area contributed by atoms with E-state index in [0.29, 0.717) is 31.9 Å². The predicted molar refractivity (Wildman–Crippen MR) is 87.0 cm³/mol. The summed E-state index contributed by atoms with van der Waals surface area (Å²) in [5.74, 6) is 0.224. The van der Waals surface area contributed by atoms with E-state index in [1.54, 1.807) is 10.3 Å². The van der Waals surface area contributed by atoms with Gasteiger partial charge in [0.2, 0.25) is 10.0 Å². The van der Waals surface area contributed by atoms with Gasteiger partial charge in [0.1, 0.15) is 11.3 Å². The highest BCUT2D eigenvalue weighted by Crippen LogP contribution is 2.42. The van der Waals surface area contributed by atoms with Gasteiger partial charge in [0.25, 0.3) is 5.91 Å². The number of nitrogens with zero attached hydrogens (tertiary/aromatic N) is 2. The lowest BCUT2D eigenvalue weighted by Crippen LogP contribution is -2.66. The second kappa shape index (κ2) is 6.12. The molecule has 1 spiro atoms. The highest BCUT2D eigenvalue weighted by atomic mass is 32.2. The summed E-state index contributed by atoms with van der Waals surface area (Å²) in [6.45, 7) is 4.08. The SMILES string of the molecule is Cc1nc(C(=O)N2CC3(C2)OCC[C@H]3CCNS(C)(=O)=O)cs1. The maximum Gasteiger partial charge on any atom is 0.273 e. The molecule has 1 aromatic rings. The molecule has 2 aliphatic rings. The zero-order chi connectivity index (χ0) is 16.7. The van der Waals surface area contributed by atoms with Crippen LogP contribution in [0, 0.1) is 12.8 Å². The van der Waals surface area contributed by atoms with E-state index in [1.807, 2.05) is 6.92 Å². The lowest BCUT2D eigenvalue weighted by atomic mass is 9.79. The Hall–Kier alpha value is -1.03. The van der Waals surface area contributed by atoms with Gasteiger partial charge in [0.05, 0.1) is 24.4 Å². The summed E-state index contributed by atoms with van der Waals surface area (Å²) in [5, 5.41) is 2.66. The molecule has 128 valence electrons. The Morgan fingerprint density at radius 2 is 2.30 bits per heavy atom. The number of thiazole rings is 1. The van der Waals surface area contributed by atoms with Crippen molar-refractivity contribution in [1.82, 2.24) is 14.6 Å². The molecule has 0 aliphatic carbocycles. The molecule has 2 fully saturated rings. The van der Waals surface area contributed by atoms with Crippen molar-refractivity contribution in [2.75, 3.05) is 32.5 Å². The van der Waals surface area contributed by atoms with E-state index in [2.05, 4.69) is 9.71 Å². The van der Waals surface area contributed by atoms with Crippen LogP contribution in [-0.4, -0.2) is 62.3 Å². The fourth-order valence-electron chi connectivity index (χ4n) is 3.33. The normalized spacial score (nSPS) is 23.2. The molecule has 1 N–H and O–H groups in total. The third-order valence-corrected chi connectivity index (χ3v) is 6.00. The van der Waals surface area contributed by atoms with Gasteiger partial charge in [-0.3, -0.25) is 4.79 Å². The minimum absolute atomic E-state index is 0.0523. The van der Waals surface area contributed by atoms with Gasteiger partial charge in [-0.2, -0.15) is 0 Å². The number of hydrogen-bond acceptors (Lipinski definition) is 6. The Balaban J connectivity index is 1.56. The van der Waals surface area contributed by atoms with Crippen molar-refractivity contribution in [3.05, 3.63) is 16.1 Å². The van der Waals surface area contributed by atoms with Crippen LogP contribution in [0.3, 0.4) is 0 Å². The van der Waals surface area contributed by atoms with Crippen LogP contribution in [0.1, 0.15) is 28.3 Å². The summed E-state index contributed by atoms with van der Waals surface area (Å²) in [7, 11) is -3.16. The molecule has 1 aromatic heterocycles. The molecule has 23 heavy (non-hydrogen) atoms. The van der Waals surface area contributed by atoms with Gasteiger partial charge in [-0.1, -0.05) is 0 Å². The van der Waals surface area contributed by atoms with E-state index in [0.717, 1.165) is 24.1 Å². The van der Waals surface area contributed by atoms with E-state index in [9.17, 15) is 13.2 Å². The molecule has 2 aliphatic heterocycles. The van der Waals surface area contributed by atoms with Crippen LogP contribution in [0.2, 0.25) is 0 Å². The summed E-state index contributed by atoms with van der Waals surface area (Å²) in [6, 6.07) is 0. The molecule has 3 rings (SSSR count). The minimum atomic E-state index is -3.16. The highest BCUT2D eigenvalue weighted by Gasteiger charge is 2.54. The van der Waals surface area contributed by atoms with Crippen molar-refractivity contribution in [1.29, 1.82) is 0 Å². The molecule has 9 heteroatoms. The number of nitrogens with one attached hydrogen (secondary N) is 1. The Morgan fingerprint density at radius 1 is 1.57 bits per heavy atom. The van der Waals surface area contributed by atoms with Gasteiger partial charge in [-0.15, -0.1) is 11.3 Å². The van der Waals surface area contributed by atoms with Crippen LogP contribution in [-0.2, 0) is 14.8 Å². The molecular formula is C14H21N3O4S2. The molecule has 3 heterocycles. The van der Waals surface area contributed by atoms with Crippen molar-refractivity contribution in [3.8, 4) is 0 Å². The summed E-state index contributed by atoms with van der Waals surface area (Å²) in [6.07, 6.45) is 2.79. The number of amides is 1. The number of sulfonamides is 1. The molecule has 0 aromatic carbocycles. The van der Waals surface area contributed by atoms with Crippen LogP contribution >= 0.6 is 11.3 Å². The summed E-state index contributed by atoms with van der Waals surface area (Å²) >= 11 is 1.47. The molecule has 0 saturated carbocycles. The number of hydrogen-bond donors (Lipinski definition) is 1. The second-order valence-electron chi connectivity index (χ2n) is 6.27. The number of rotatable bonds is 5. The Labute approximate surface area is 140 Å². The second-order valence-corrected chi connectivity index (χ2v) is 9.16. The van der Waals surface area contributed by atoms with E-state index in [-0.39, 0.29) is 17.4 Å². The molecule has 0 unspecified atom stereocenters. The molecule has 1 atom stereocenters. The van der Waals surface area contributed by atoms with E-state index in [1.165, 1.54) is 11.3 Å². The largest absolute Gasteiger partial charge is 0.371 e. The third kappa shape index (κ3) is 3.57. The Kier molecular flexibility index (Phi) is 4.47.